The molecule has 1 N–H and O–H groups in total. The fourth-order valence-electron chi connectivity index (χ4n) is 3.93. The van der Waals surface area contributed by atoms with Gasteiger partial charge in [0.2, 0.25) is 0 Å². The van der Waals surface area contributed by atoms with Crippen molar-refractivity contribution in [3.63, 3.8) is 0 Å². The maximum absolute atomic E-state index is 12.3. The zero-order valence-electron chi connectivity index (χ0n) is 23.3. The first-order valence-corrected chi connectivity index (χ1v) is 12.6. The number of carbonyl (C=O) groups is 2. The first-order chi connectivity index (χ1) is 18.3. The van der Waals surface area contributed by atoms with Crippen molar-refractivity contribution in [3.8, 4) is 5.75 Å². The third-order valence-electron chi connectivity index (χ3n) is 5.61. The summed E-state index contributed by atoms with van der Waals surface area (Å²) >= 11 is 0. The van der Waals surface area contributed by atoms with Crippen molar-refractivity contribution in [1.29, 1.82) is 0 Å². The number of amides is 1. The normalized spacial score (nSPS) is 13.3. The molecule has 1 aromatic rings. The van der Waals surface area contributed by atoms with Crippen LogP contribution >= 0.6 is 0 Å². The van der Waals surface area contributed by atoms with Crippen LogP contribution in [0, 0.1) is 5.92 Å². The van der Waals surface area contributed by atoms with Crippen molar-refractivity contribution in [2.24, 2.45) is 10.9 Å². The number of carbonyl (C=O) groups excluding carboxylic acids is 1. The molecule has 1 aromatic carbocycles. The fourth-order valence-corrected chi connectivity index (χ4v) is 3.93. The predicted octanol–water partition coefficient (Wildman–Crippen LogP) is 5.53. The zero-order chi connectivity index (χ0) is 28.5. The number of rotatable bonds is 13. The number of hydrogen-bond acceptors (Lipinski definition) is 7. The highest BCUT2D eigenvalue weighted by molar-refractivity contribution is 5.81. The van der Waals surface area contributed by atoms with E-state index >= 15 is 0 Å². The van der Waals surface area contributed by atoms with Gasteiger partial charge in [-0.1, -0.05) is 30.9 Å². The second-order valence-electron chi connectivity index (χ2n) is 8.51. The number of nitrogens with zero attached hydrogens (tertiary/aromatic N) is 2. The molecule has 0 saturated carbocycles. The van der Waals surface area contributed by atoms with Crippen molar-refractivity contribution in [2.45, 2.75) is 52.6 Å². The molecule has 0 fully saturated rings. The van der Waals surface area contributed by atoms with Crippen LogP contribution in [0.4, 0.5) is 4.79 Å². The zero-order valence-corrected chi connectivity index (χ0v) is 23.3. The van der Waals surface area contributed by atoms with Gasteiger partial charge in [0.05, 0.1) is 39.3 Å². The number of benzene rings is 1. The second kappa shape index (κ2) is 17.8. The third kappa shape index (κ3) is 10.4. The molecule has 0 saturated heterocycles. The average molecular weight is 531 g/mol. The van der Waals surface area contributed by atoms with E-state index in [-0.39, 0.29) is 18.9 Å². The number of ether oxygens (including phenoxy) is 4. The number of methoxy groups -OCH3 is 2. The summed E-state index contributed by atoms with van der Waals surface area (Å²) in [7, 11) is 4.84. The number of aryl methyl sites for hydroxylation is 1. The quantitative estimate of drug-likeness (QED) is 0.203. The van der Waals surface area contributed by atoms with Crippen molar-refractivity contribution in [1.82, 2.24) is 4.90 Å². The van der Waals surface area contributed by atoms with Crippen LogP contribution in [-0.2, 0) is 38.5 Å². The highest BCUT2D eigenvalue weighted by Gasteiger charge is 2.29. The Labute approximate surface area is 226 Å². The summed E-state index contributed by atoms with van der Waals surface area (Å²) in [5.74, 6) is 0.365. The van der Waals surface area contributed by atoms with Crippen molar-refractivity contribution >= 4 is 18.0 Å². The van der Waals surface area contributed by atoms with Gasteiger partial charge in [-0.3, -0.25) is 9.69 Å². The van der Waals surface area contributed by atoms with Crippen LogP contribution in [-0.4, -0.2) is 62.5 Å². The molecule has 9 heteroatoms. The number of allylic oxidation sites excluding steroid dienone is 2. The van der Waals surface area contributed by atoms with E-state index in [0.29, 0.717) is 56.3 Å². The Kier molecular flexibility index (Phi) is 15.2. The lowest BCUT2D eigenvalue weighted by molar-refractivity contribution is -0.136. The van der Waals surface area contributed by atoms with E-state index in [2.05, 4.69) is 22.9 Å². The minimum absolute atomic E-state index is 0.00403. The molecule has 0 radical (unpaired) electrons. The second-order valence-corrected chi connectivity index (χ2v) is 8.51. The topological polar surface area (TPSA) is 107 Å². The number of aliphatic carboxylic acids is 1. The summed E-state index contributed by atoms with van der Waals surface area (Å²) < 4.78 is 20.9. The molecule has 1 heterocycles. The van der Waals surface area contributed by atoms with Gasteiger partial charge < -0.3 is 24.1 Å². The van der Waals surface area contributed by atoms with Gasteiger partial charge in [0.1, 0.15) is 5.75 Å². The molecule has 38 heavy (non-hydrogen) atoms. The Balaban J connectivity index is 0.00000229. The number of hydrogen-bond donors (Lipinski definition) is 1. The van der Waals surface area contributed by atoms with Crippen LogP contribution in [0.25, 0.3) is 0 Å². The van der Waals surface area contributed by atoms with E-state index < -0.39 is 12.1 Å². The Morgan fingerprint density at radius 3 is 2.45 bits per heavy atom. The largest absolute Gasteiger partial charge is 0.493 e. The number of carboxylic acid groups (broad SMARTS) is 1. The summed E-state index contributed by atoms with van der Waals surface area (Å²) in [5, 5.41) is 9.08. The van der Waals surface area contributed by atoms with Crippen LogP contribution in [0.15, 0.2) is 54.2 Å². The molecule has 0 spiro atoms. The van der Waals surface area contributed by atoms with Gasteiger partial charge in [0, 0.05) is 38.3 Å². The Morgan fingerprint density at radius 2 is 1.87 bits per heavy atom. The lowest BCUT2D eigenvalue weighted by atomic mass is 9.99. The first kappa shape index (κ1) is 32.4. The van der Waals surface area contributed by atoms with E-state index in [1.165, 1.54) is 0 Å². The molecule has 0 aromatic heterocycles. The molecular weight excluding hydrogens is 488 g/mol. The van der Waals surface area contributed by atoms with Gasteiger partial charge in [0.25, 0.3) is 0 Å². The molecule has 1 aliphatic rings. The molecule has 1 aliphatic heterocycles. The summed E-state index contributed by atoms with van der Waals surface area (Å²) in [6, 6.07) is 3.71. The SMILES string of the molecule is C=CCC(/C=C\C)C(=NC(=C)CCOc1ccc(CCC(=O)O)c2c1CN(C(=O)OCC)C2)OC.COC. The summed E-state index contributed by atoms with van der Waals surface area (Å²) in [4.78, 5) is 29.5. The minimum atomic E-state index is -0.862. The summed E-state index contributed by atoms with van der Waals surface area (Å²) in [6.07, 6.45) is 6.99. The maximum Gasteiger partial charge on any atom is 0.410 e. The molecular formula is C29H42N2O7. The van der Waals surface area contributed by atoms with Crippen LogP contribution in [0.5, 0.6) is 5.75 Å². The lowest BCUT2D eigenvalue weighted by Gasteiger charge is -2.15. The molecule has 0 bridgehead atoms. The van der Waals surface area contributed by atoms with Crippen LogP contribution in [0.2, 0.25) is 0 Å². The molecule has 1 unspecified atom stereocenters. The van der Waals surface area contributed by atoms with Crippen molar-refractivity contribution in [3.05, 3.63) is 65.9 Å². The van der Waals surface area contributed by atoms with Crippen LogP contribution in [0.3, 0.4) is 0 Å². The van der Waals surface area contributed by atoms with Crippen molar-refractivity contribution < 1.29 is 33.6 Å². The Hall–Kier alpha value is -3.59. The highest BCUT2D eigenvalue weighted by Crippen LogP contribution is 2.35. The monoisotopic (exact) mass is 530 g/mol. The van der Waals surface area contributed by atoms with Crippen LogP contribution < -0.4 is 4.74 Å². The first-order valence-electron chi connectivity index (χ1n) is 12.6. The number of carboxylic acids is 1. The van der Waals surface area contributed by atoms with Crippen LogP contribution in [0.1, 0.15) is 49.8 Å². The Morgan fingerprint density at radius 1 is 1.18 bits per heavy atom. The molecule has 2 rings (SSSR count). The van der Waals surface area contributed by atoms with E-state index in [1.54, 1.807) is 33.2 Å². The highest BCUT2D eigenvalue weighted by atomic mass is 16.6. The van der Waals surface area contributed by atoms with Gasteiger partial charge in [-0.25, -0.2) is 9.79 Å². The molecule has 0 aliphatic carbocycles. The van der Waals surface area contributed by atoms with Crippen molar-refractivity contribution in [2.75, 3.05) is 34.5 Å². The lowest BCUT2D eigenvalue weighted by Crippen LogP contribution is -2.26. The van der Waals surface area contributed by atoms with Gasteiger partial charge in [-0.2, -0.15) is 0 Å². The van der Waals surface area contributed by atoms with Gasteiger partial charge in [-0.15, -0.1) is 6.58 Å². The fraction of sp³-hybridized carbons (Fsp3) is 0.483. The summed E-state index contributed by atoms with van der Waals surface area (Å²) in [6.45, 7) is 12.9. The number of fused-ring (bicyclic) bond motifs is 1. The van der Waals surface area contributed by atoms with Gasteiger partial charge in [0.15, 0.2) is 5.90 Å². The van der Waals surface area contributed by atoms with E-state index in [0.717, 1.165) is 16.7 Å². The molecule has 1 atom stereocenters. The molecule has 9 nitrogen and oxygen atoms in total. The maximum atomic E-state index is 12.3. The predicted molar refractivity (Wildman–Crippen MR) is 148 cm³/mol. The van der Waals surface area contributed by atoms with E-state index in [1.807, 2.05) is 37.3 Å². The minimum Gasteiger partial charge on any atom is -0.493 e. The Bertz CT molecular complexity index is 1000. The molecule has 1 amide bonds. The number of aliphatic imine (C=N–C) groups is 1. The van der Waals surface area contributed by atoms with E-state index in [4.69, 9.17) is 19.3 Å². The smallest absolute Gasteiger partial charge is 0.410 e. The van der Waals surface area contributed by atoms with E-state index in [9.17, 15) is 9.59 Å². The van der Waals surface area contributed by atoms with Gasteiger partial charge >= 0.3 is 12.1 Å². The van der Waals surface area contributed by atoms with Gasteiger partial charge in [-0.05, 0) is 43.9 Å². The average Bonchev–Trinajstić information content (AvgIpc) is 3.33. The molecule has 210 valence electrons. The summed E-state index contributed by atoms with van der Waals surface area (Å²) in [5.41, 5.74) is 3.33. The standard InChI is InChI=1S/C27H36N2O6.C2H6O/c1-6-9-21(10-7-2)26(33-5)28-19(4)15-16-35-24-13-11-20(12-14-25(30)31)22-17-29(18-23(22)24)27(32)34-8-3;1-3-2/h6-7,10-11,13,21H,1,4,8-9,12,14-18H2,2-3,5H3,(H,30,31);1-2H3/b10-7-,28-26?;. The third-order valence-corrected chi connectivity index (χ3v) is 5.61.